The molecule has 1 atom stereocenters. The van der Waals surface area contributed by atoms with Crippen molar-refractivity contribution in [1.29, 1.82) is 0 Å². The van der Waals surface area contributed by atoms with Crippen LogP contribution in [-0.2, 0) is 9.47 Å². The van der Waals surface area contributed by atoms with Gasteiger partial charge in [0.15, 0.2) is 0 Å². The minimum atomic E-state index is 0.273. The molecule has 0 amide bonds. The van der Waals surface area contributed by atoms with Crippen LogP contribution in [0.2, 0.25) is 0 Å². The SMILES string of the molecule is COCCOCCN1CCCCC1C(N)=S. The van der Waals surface area contributed by atoms with Gasteiger partial charge in [-0.1, -0.05) is 18.6 Å². The van der Waals surface area contributed by atoms with Crippen molar-refractivity contribution in [2.75, 3.05) is 40.0 Å². The molecule has 0 spiro atoms. The molecule has 0 aromatic rings. The van der Waals surface area contributed by atoms with Crippen molar-refractivity contribution in [2.45, 2.75) is 25.3 Å². The highest BCUT2D eigenvalue weighted by Gasteiger charge is 2.23. The van der Waals surface area contributed by atoms with Crippen LogP contribution < -0.4 is 5.73 Å². The molecule has 1 fully saturated rings. The van der Waals surface area contributed by atoms with Crippen molar-refractivity contribution < 1.29 is 9.47 Å². The van der Waals surface area contributed by atoms with Crippen LogP contribution in [0.4, 0.5) is 0 Å². The summed E-state index contributed by atoms with van der Waals surface area (Å²) in [6.45, 7) is 4.02. The zero-order valence-corrected chi connectivity index (χ0v) is 10.8. The van der Waals surface area contributed by atoms with E-state index < -0.39 is 0 Å². The molecule has 0 aromatic carbocycles. The first-order chi connectivity index (χ1) is 7.75. The summed E-state index contributed by atoms with van der Waals surface area (Å²) in [6, 6.07) is 0.273. The van der Waals surface area contributed by atoms with Crippen LogP contribution in [0, 0.1) is 0 Å². The summed E-state index contributed by atoms with van der Waals surface area (Å²) in [5.74, 6) is 0. The minimum Gasteiger partial charge on any atom is -0.392 e. The molecule has 1 aliphatic rings. The number of hydrogen-bond acceptors (Lipinski definition) is 4. The Kier molecular flexibility index (Phi) is 6.87. The number of methoxy groups -OCH3 is 1. The zero-order chi connectivity index (χ0) is 11.8. The van der Waals surface area contributed by atoms with Crippen molar-refractivity contribution in [3.63, 3.8) is 0 Å². The molecule has 1 aliphatic heterocycles. The number of piperidine rings is 1. The van der Waals surface area contributed by atoms with Gasteiger partial charge in [0.25, 0.3) is 0 Å². The van der Waals surface area contributed by atoms with E-state index in [9.17, 15) is 0 Å². The van der Waals surface area contributed by atoms with E-state index >= 15 is 0 Å². The van der Waals surface area contributed by atoms with E-state index in [1.54, 1.807) is 7.11 Å². The predicted molar refractivity (Wildman–Crippen MR) is 68.7 cm³/mol. The first-order valence-electron chi connectivity index (χ1n) is 5.85. The largest absolute Gasteiger partial charge is 0.392 e. The Morgan fingerprint density at radius 2 is 2.19 bits per heavy atom. The molecule has 0 radical (unpaired) electrons. The molecule has 5 heteroatoms. The fraction of sp³-hybridized carbons (Fsp3) is 0.909. The average molecular weight is 246 g/mol. The monoisotopic (exact) mass is 246 g/mol. The van der Waals surface area contributed by atoms with Crippen molar-refractivity contribution in [3.05, 3.63) is 0 Å². The first-order valence-corrected chi connectivity index (χ1v) is 6.26. The van der Waals surface area contributed by atoms with Crippen molar-refractivity contribution in [3.8, 4) is 0 Å². The van der Waals surface area contributed by atoms with Gasteiger partial charge >= 0.3 is 0 Å². The van der Waals surface area contributed by atoms with Crippen molar-refractivity contribution in [2.24, 2.45) is 5.73 Å². The van der Waals surface area contributed by atoms with Crippen LogP contribution >= 0.6 is 12.2 Å². The standard InChI is InChI=1S/C11H22N2O2S/c1-14-8-9-15-7-6-13-5-3-2-4-10(13)11(12)16/h10H,2-9H2,1H3,(H2,12,16). The lowest BCUT2D eigenvalue weighted by Crippen LogP contribution is -2.48. The highest BCUT2D eigenvalue weighted by molar-refractivity contribution is 7.80. The van der Waals surface area contributed by atoms with E-state index in [4.69, 9.17) is 27.4 Å². The molecule has 1 heterocycles. The minimum absolute atomic E-state index is 0.273. The van der Waals surface area contributed by atoms with Gasteiger partial charge in [-0.15, -0.1) is 0 Å². The van der Waals surface area contributed by atoms with Crippen LogP contribution in [-0.4, -0.2) is 56.0 Å². The Morgan fingerprint density at radius 1 is 1.38 bits per heavy atom. The third-order valence-electron chi connectivity index (χ3n) is 2.90. The lowest BCUT2D eigenvalue weighted by atomic mass is 10.0. The molecule has 0 saturated carbocycles. The zero-order valence-electron chi connectivity index (χ0n) is 9.98. The van der Waals surface area contributed by atoms with Gasteiger partial charge < -0.3 is 15.2 Å². The second-order valence-electron chi connectivity index (χ2n) is 4.06. The van der Waals surface area contributed by atoms with Crippen molar-refractivity contribution in [1.82, 2.24) is 4.90 Å². The molecule has 1 saturated heterocycles. The molecule has 0 bridgehead atoms. The lowest BCUT2D eigenvalue weighted by molar-refractivity contribution is 0.0499. The van der Waals surface area contributed by atoms with Crippen LogP contribution in [0.3, 0.4) is 0 Å². The number of thiocarbonyl (C=S) groups is 1. The Hall–Kier alpha value is -0.230. The number of nitrogens with two attached hydrogens (primary N) is 1. The summed E-state index contributed by atoms with van der Waals surface area (Å²) in [6.07, 6.45) is 3.55. The fourth-order valence-corrected chi connectivity index (χ4v) is 2.27. The summed E-state index contributed by atoms with van der Waals surface area (Å²) in [4.78, 5) is 2.95. The number of rotatable bonds is 7. The van der Waals surface area contributed by atoms with E-state index in [1.165, 1.54) is 12.8 Å². The van der Waals surface area contributed by atoms with Crippen LogP contribution in [0.15, 0.2) is 0 Å². The van der Waals surface area contributed by atoms with Gasteiger partial charge in [0.05, 0.1) is 30.9 Å². The molecule has 4 nitrogen and oxygen atoms in total. The Labute approximate surface area is 103 Å². The second-order valence-corrected chi connectivity index (χ2v) is 4.53. The van der Waals surface area contributed by atoms with E-state index in [0.29, 0.717) is 18.2 Å². The Bertz CT molecular complexity index is 214. The number of ether oxygens (including phenoxy) is 2. The molecule has 2 N–H and O–H groups in total. The van der Waals surface area contributed by atoms with Gasteiger partial charge in [-0.3, -0.25) is 4.90 Å². The summed E-state index contributed by atoms with van der Waals surface area (Å²) in [7, 11) is 1.68. The fourth-order valence-electron chi connectivity index (χ4n) is 2.01. The normalized spacial score (nSPS) is 22.2. The predicted octanol–water partition coefficient (Wildman–Crippen LogP) is 0.790. The van der Waals surface area contributed by atoms with Crippen LogP contribution in [0.5, 0.6) is 0 Å². The van der Waals surface area contributed by atoms with Gasteiger partial charge in [-0.05, 0) is 19.4 Å². The maximum Gasteiger partial charge on any atom is 0.0902 e. The molecular weight excluding hydrogens is 224 g/mol. The van der Waals surface area contributed by atoms with Crippen LogP contribution in [0.25, 0.3) is 0 Å². The first kappa shape index (κ1) is 13.8. The van der Waals surface area contributed by atoms with Gasteiger partial charge in [0, 0.05) is 13.7 Å². The Balaban J connectivity index is 2.19. The van der Waals surface area contributed by atoms with E-state index in [2.05, 4.69) is 4.90 Å². The average Bonchev–Trinajstić information content (AvgIpc) is 2.29. The quantitative estimate of drug-likeness (QED) is 0.531. The molecule has 0 aliphatic carbocycles. The van der Waals surface area contributed by atoms with E-state index in [1.807, 2.05) is 0 Å². The third-order valence-corrected chi connectivity index (χ3v) is 3.17. The molecule has 0 aromatic heterocycles. The smallest absolute Gasteiger partial charge is 0.0902 e. The summed E-state index contributed by atoms with van der Waals surface area (Å²) in [5, 5.41) is 0. The van der Waals surface area contributed by atoms with Crippen LogP contribution in [0.1, 0.15) is 19.3 Å². The highest BCUT2D eigenvalue weighted by atomic mass is 32.1. The third kappa shape index (κ3) is 4.74. The van der Waals surface area contributed by atoms with Gasteiger partial charge in [0.2, 0.25) is 0 Å². The maximum absolute atomic E-state index is 5.74. The molecule has 94 valence electrons. The van der Waals surface area contributed by atoms with Crippen molar-refractivity contribution >= 4 is 17.2 Å². The lowest BCUT2D eigenvalue weighted by Gasteiger charge is -2.34. The van der Waals surface area contributed by atoms with E-state index in [-0.39, 0.29) is 6.04 Å². The summed E-state index contributed by atoms with van der Waals surface area (Å²) in [5.41, 5.74) is 5.74. The molecule has 1 rings (SSSR count). The number of likely N-dealkylation sites (tertiary alicyclic amines) is 1. The van der Waals surface area contributed by atoms with E-state index in [0.717, 1.165) is 26.1 Å². The maximum atomic E-state index is 5.74. The van der Waals surface area contributed by atoms with Gasteiger partial charge in [-0.25, -0.2) is 0 Å². The van der Waals surface area contributed by atoms with Gasteiger partial charge in [0.1, 0.15) is 0 Å². The molecule has 16 heavy (non-hydrogen) atoms. The molecular formula is C11H22N2O2S. The summed E-state index contributed by atoms with van der Waals surface area (Å²) >= 11 is 5.09. The van der Waals surface area contributed by atoms with Gasteiger partial charge in [-0.2, -0.15) is 0 Å². The molecule has 1 unspecified atom stereocenters. The topological polar surface area (TPSA) is 47.7 Å². The Morgan fingerprint density at radius 3 is 2.88 bits per heavy atom. The number of hydrogen-bond donors (Lipinski definition) is 1. The number of nitrogens with zero attached hydrogens (tertiary/aromatic N) is 1. The highest BCUT2D eigenvalue weighted by Crippen LogP contribution is 2.16. The summed E-state index contributed by atoms with van der Waals surface area (Å²) < 4.78 is 10.4. The second kappa shape index (κ2) is 7.95.